The average Bonchev–Trinajstić information content (AvgIpc) is 0.918. The van der Waals surface area contributed by atoms with Gasteiger partial charge in [-0.15, -0.1) is 0 Å². The first-order valence-electron chi connectivity index (χ1n) is 1.41. The minimum atomic E-state index is 0. The van der Waals surface area contributed by atoms with Gasteiger partial charge < -0.3 is 0 Å². The van der Waals surface area contributed by atoms with Crippen LogP contribution in [0.25, 0.3) is 0 Å². The van der Waals surface area contributed by atoms with E-state index >= 15 is 0 Å². The van der Waals surface area contributed by atoms with Gasteiger partial charge in [0.05, 0.1) is 0 Å². The summed E-state index contributed by atoms with van der Waals surface area (Å²) < 4.78 is 0. The molecular weight excluding hydrogens is 131 g/mol. The molecule has 0 fully saturated rings. The molecule has 0 rings (SSSR count). The van der Waals surface area contributed by atoms with Crippen LogP contribution in [-0.2, 0) is 19.5 Å². The van der Waals surface area contributed by atoms with Crippen LogP contribution in [0.3, 0.4) is 0 Å². The molecule has 4 heavy (non-hydrogen) atoms. The minimum Gasteiger partial charge on any atom is -0.0550 e. The summed E-state index contributed by atoms with van der Waals surface area (Å²) in [6.45, 7) is 2.33. The van der Waals surface area contributed by atoms with Gasteiger partial charge in [-0.05, 0) is 0 Å². The third-order valence-corrected chi connectivity index (χ3v) is 0. The van der Waals surface area contributed by atoms with Crippen LogP contribution in [0.5, 0.6) is 0 Å². The Kier molecular flexibility index (Phi) is 20.0. The van der Waals surface area contributed by atoms with Crippen LogP contribution in [-0.4, -0.2) is 29.8 Å². The van der Waals surface area contributed by atoms with Crippen LogP contribution >= 0.6 is 0 Å². The van der Waals surface area contributed by atoms with Crippen molar-refractivity contribution in [3.05, 3.63) is 0 Å². The van der Waals surface area contributed by atoms with Crippen molar-refractivity contribution in [2.75, 3.05) is 0 Å². The van der Waals surface area contributed by atoms with Crippen molar-refractivity contribution in [1.82, 2.24) is 0 Å². The second-order valence-electron chi connectivity index (χ2n) is 0.707. The third kappa shape index (κ3) is 9.88. The normalized spacial score (nSPS) is 4.00. The smallest absolute Gasteiger partial charge is 0.0550 e. The standard InChI is InChI=1S/Al.BH2.H3Si.Zn.H/h;1H2;1H3;;/q-1;+1;;;. The fraction of sp³-hybridized carbons (Fsp3) is 0. The molecule has 0 heterocycles. The predicted octanol–water partition coefficient (Wildman–Crippen LogP) is -2.75. The maximum absolute atomic E-state index is 2.33. The summed E-state index contributed by atoms with van der Waals surface area (Å²) >= 11 is 0.556. The van der Waals surface area contributed by atoms with Gasteiger partial charge in [-0.25, -0.2) is 0 Å². The second-order valence-corrected chi connectivity index (χ2v) is 6.36. The molecule has 0 aliphatic rings. The molecule has 0 N–H and O–H groups in total. The van der Waals surface area contributed by atoms with Gasteiger partial charge >= 0.3 is 0 Å². The molecule has 0 unspecified atom stereocenters. The molecular formula is H6AlBSiZn. The van der Waals surface area contributed by atoms with Gasteiger partial charge in [0.1, 0.15) is 0 Å². The van der Waals surface area contributed by atoms with Crippen LogP contribution in [0.1, 0.15) is 0 Å². The minimum absolute atomic E-state index is 0. The summed E-state index contributed by atoms with van der Waals surface area (Å²) in [7, 11) is 1.51. The summed E-state index contributed by atoms with van der Waals surface area (Å²) in [5.74, 6) is 0. The molecule has 0 saturated carbocycles. The van der Waals surface area contributed by atoms with Gasteiger partial charge in [0.25, 0.3) is 0 Å². The zero-order valence-electron chi connectivity index (χ0n) is 3.41. The van der Waals surface area contributed by atoms with E-state index in [0.29, 0.717) is 14.4 Å². The third-order valence-electron chi connectivity index (χ3n) is 0. The topological polar surface area (TPSA) is 0 Å². The summed E-state index contributed by atoms with van der Waals surface area (Å²) in [5, 5.41) is 0. The van der Waals surface area contributed by atoms with Crippen molar-refractivity contribution in [2.24, 2.45) is 0 Å². The largest absolute Gasteiger partial charge is 0.172 e. The first-order valence-corrected chi connectivity index (χ1v) is 8.49. The molecule has 0 nitrogen and oxygen atoms in total. The SMILES string of the molecule is [BH2][AlH][SiH3].[Zn]. The second kappa shape index (κ2) is 8.83. The first kappa shape index (κ1) is 9.06. The zero-order valence-corrected chi connectivity index (χ0v) is 9.80. The van der Waals surface area contributed by atoms with Crippen LogP contribution in [0, 0.1) is 0 Å². The Morgan fingerprint density at radius 1 is 1.75 bits per heavy atom. The zero-order chi connectivity index (χ0) is 2.71. The molecule has 0 aliphatic heterocycles. The van der Waals surface area contributed by atoms with Gasteiger partial charge in [0.15, 0.2) is 14.4 Å². The van der Waals surface area contributed by atoms with E-state index in [1.54, 1.807) is 0 Å². The van der Waals surface area contributed by atoms with Crippen molar-refractivity contribution in [1.29, 1.82) is 0 Å². The molecule has 4 heteroatoms. The number of rotatable bonds is 0. The van der Waals surface area contributed by atoms with E-state index in [1.165, 1.54) is 8.80 Å². The van der Waals surface area contributed by atoms with E-state index in [4.69, 9.17) is 0 Å². The molecule has 0 spiro atoms. The fourth-order valence-electron chi connectivity index (χ4n) is 0. The first-order chi connectivity index (χ1) is 1.41. The van der Waals surface area contributed by atoms with Crippen LogP contribution in [0.15, 0.2) is 0 Å². The maximum atomic E-state index is 2.33. The van der Waals surface area contributed by atoms with Gasteiger partial charge in [-0.3, -0.25) is 0 Å². The van der Waals surface area contributed by atoms with Crippen molar-refractivity contribution in [2.45, 2.75) is 0 Å². The Bertz CT molecular complexity index is 8.00. The van der Waals surface area contributed by atoms with E-state index in [9.17, 15) is 0 Å². The van der Waals surface area contributed by atoms with Crippen LogP contribution in [0.2, 0.25) is 0 Å². The van der Waals surface area contributed by atoms with Crippen LogP contribution in [0.4, 0.5) is 0 Å². The van der Waals surface area contributed by atoms with E-state index in [2.05, 4.69) is 6.62 Å². The van der Waals surface area contributed by atoms with Crippen LogP contribution < -0.4 is 0 Å². The molecule has 0 aromatic rings. The van der Waals surface area contributed by atoms with E-state index in [0.717, 1.165) is 0 Å². The quantitative estimate of drug-likeness (QED) is 0.318. The molecule has 0 atom stereocenters. The summed E-state index contributed by atoms with van der Waals surface area (Å²) in [6, 6.07) is 0. The number of hydrogen-bond acceptors (Lipinski definition) is 0. The summed E-state index contributed by atoms with van der Waals surface area (Å²) in [4.78, 5) is 0. The maximum Gasteiger partial charge on any atom is 0.172 e. The molecule has 0 radical (unpaired) electrons. The molecule has 0 aromatic heterocycles. The monoisotopic (exact) mass is 136 g/mol. The average molecular weight is 137 g/mol. The molecule has 0 bridgehead atoms. The number of hydrogen-bond donors (Lipinski definition) is 0. The predicted molar refractivity (Wildman–Crippen MR) is 25.6 cm³/mol. The van der Waals surface area contributed by atoms with Gasteiger partial charge in [-0.1, -0.05) is 8.80 Å². The Labute approximate surface area is 49.3 Å². The molecule has 18 valence electrons. The van der Waals surface area contributed by atoms with Crippen molar-refractivity contribution in [3.8, 4) is 0 Å². The summed E-state index contributed by atoms with van der Waals surface area (Å²) in [6.07, 6.45) is 0. The van der Waals surface area contributed by atoms with Gasteiger partial charge in [0.2, 0.25) is 0 Å². The molecule has 0 aliphatic carbocycles. The van der Waals surface area contributed by atoms with E-state index in [-0.39, 0.29) is 19.5 Å². The van der Waals surface area contributed by atoms with Crippen molar-refractivity contribution < 1.29 is 19.5 Å². The van der Waals surface area contributed by atoms with Crippen molar-refractivity contribution >= 4 is 29.8 Å². The molecule has 0 saturated heterocycles. The van der Waals surface area contributed by atoms with E-state index < -0.39 is 0 Å². The fourth-order valence-corrected chi connectivity index (χ4v) is 0. The molecule has 0 amide bonds. The molecule has 0 aromatic carbocycles. The Morgan fingerprint density at radius 3 is 1.75 bits per heavy atom. The van der Waals surface area contributed by atoms with Gasteiger partial charge in [0, 0.05) is 26.1 Å². The van der Waals surface area contributed by atoms with Crippen molar-refractivity contribution in [3.63, 3.8) is 0 Å². The Hall–Kier alpha value is 1.44. The van der Waals surface area contributed by atoms with E-state index in [1.807, 2.05) is 0 Å². The van der Waals surface area contributed by atoms with Gasteiger partial charge in [-0.2, -0.15) is 0 Å². The Morgan fingerprint density at radius 2 is 1.75 bits per heavy atom. The Balaban J connectivity index is 0. The summed E-state index contributed by atoms with van der Waals surface area (Å²) in [5.41, 5.74) is 0.